The Morgan fingerprint density at radius 2 is 1.93 bits per heavy atom. The molecule has 3 aromatic rings. The van der Waals surface area contributed by atoms with E-state index in [0.717, 1.165) is 37.6 Å². The van der Waals surface area contributed by atoms with E-state index in [1.807, 2.05) is 44.4 Å². The van der Waals surface area contributed by atoms with Gasteiger partial charge in [0.2, 0.25) is 0 Å². The van der Waals surface area contributed by atoms with Crippen LogP contribution in [0.2, 0.25) is 0 Å². The van der Waals surface area contributed by atoms with Gasteiger partial charge in [-0.3, -0.25) is 9.59 Å². The van der Waals surface area contributed by atoms with E-state index in [1.54, 1.807) is 0 Å². The van der Waals surface area contributed by atoms with Crippen LogP contribution in [0, 0.1) is 20.8 Å². The van der Waals surface area contributed by atoms with Crippen molar-refractivity contribution in [3.8, 4) is 0 Å². The average Bonchev–Trinajstić information content (AvgIpc) is 3.10. The Bertz CT molecular complexity index is 978. The van der Waals surface area contributed by atoms with Crippen LogP contribution in [0.4, 0.5) is 5.69 Å². The summed E-state index contributed by atoms with van der Waals surface area (Å²) in [6.45, 7) is 5.56. The van der Waals surface area contributed by atoms with Crippen molar-refractivity contribution < 1.29 is 14.3 Å². The number of hydrogen-bond acceptors (Lipinski definition) is 7. The Labute approximate surface area is 165 Å². The molecule has 0 radical (unpaired) electrons. The molecule has 0 atom stereocenters. The van der Waals surface area contributed by atoms with Gasteiger partial charge in [-0.25, -0.2) is 9.97 Å². The van der Waals surface area contributed by atoms with Gasteiger partial charge in [0.1, 0.15) is 16.2 Å². The number of aryl methyl sites for hydroxylation is 3. The maximum absolute atomic E-state index is 12.1. The van der Waals surface area contributed by atoms with Crippen molar-refractivity contribution in [2.24, 2.45) is 0 Å². The van der Waals surface area contributed by atoms with Gasteiger partial charge in [-0.2, -0.15) is 0 Å². The third kappa shape index (κ3) is 4.84. The highest BCUT2D eigenvalue weighted by Crippen LogP contribution is 2.27. The number of esters is 1. The Morgan fingerprint density at radius 3 is 2.67 bits per heavy atom. The lowest BCUT2D eigenvalue weighted by Gasteiger charge is -2.13. The Kier molecular flexibility index (Phi) is 6.08. The van der Waals surface area contributed by atoms with E-state index in [4.69, 9.17) is 4.74 Å². The molecular weight excluding hydrogens is 382 g/mol. The summed E-state index contributed by atoms with van der Waals surface area (Å²) in [6, 6.07) is 5.92. The zero-order valence-corrected chi connectivity index (χ0v) is 16.9. The standard InChI is InChI=1S/C19H19N3O3S2/c1-11-6-12(2)17(13(3)7-11)22-15(23)8-25-16(24)9-27-19-14-4-5-26-18(14)20-10-21-19/h4-7,10H,8-9H2,1-3H3,(H,22,23). The lowest BCUT2D eigenvalue weighted by atomic mass is 10.1. The molecule has 0 aliphatic carbocycles. The maximum atomic E-state index is 12.1. The molecule has 140 valence electrons. The number of carbonyl (C=O) groups excluding carboxylic acids is 2. The fraction of sp³-hybridized carbons (Fsp3) is 0.263. The molecule has 0 unspecified atom stereocenters. The molecular formula is C19H19N3O3S2. The van der Waals surface area contributed by atoms with E-state index < -0.39 is 5.97 Å². The summed E-state index contributed by atoms with van der Waals surface area (Å²) in [5.74, 6) is -0.738. The quantitative estimate of drug-likeness (QED) is 0.383. The lowest BCUT2D eigenvalue weighted by Crippen LogP contribution is -2.22. The van der Waals surface area contributed by atoms with Crippen LogP contribution in [0.25, 0.3) is 10.2 Å². The highest BCUT2D eigenvalue weighted by Gasteiger charge is 2.13. The summed E-state index contributed by atoms with van der Waals surface area (Å²) in [5, 5.41) is 6.39. The van der Waals surface area contributed by atoms with Crippen LogP contribution in [0.3, 0.4) is 0 Å². The number of rotatable bonds is 6. The van der Waals surface area contributed by atoms with Crippen molar-refractivity contribution in [1.29, 1.82) is 0 Å². The first kappa shape index (κ1) is 19.3. The van der Waals surface area contributed by atoms with Gasteiger partial charge in [0.25, 0.3) is 5.91 Å². The van der Waals surface area contributed by atoms with Gasteiger partial charge in [0.15, 0.2) is 6.61 Å². The molecule has 0 fully saturated rings. The van der Waals surface area contributed by atoms with Gasteiger partial charge in [0.05, 0.1) is 5.75 Å². The van der Waals surface area contributed by atoms with Gasteiger partial charge in [-0.15, -0.1) is 11.3 Å². The van der Waals surface area contributed by atoms with E-state index in [1.165, 1.54) is 29.4 Å². The molecule has 0 aliphatic rings. The van der Waals surface area contributed by atoms with E-state index in [-0.39, 0.29) is 18.3 Å². The number of carbonyl (C=O) groups is 2. The predicted molar refractivity (Wildman–Crippen MR) is 108 cm³/mol. The molecule has 2 aromatic heterocycles. The first-order chi connectivity index (χ1) is 12.9. The van der Waals surface area contributed by atoms with Gasteiger partial charge in [-0.05, 0) is 43.3 Å². The van der Waals surface area contributed by atoms with Crippen LogP contribution < -0.4 is 5.32 Å². The van der Waals surface area contributed by atoms with Crippen molar-refractivity contribution >= 4 is 50.9 Å². The van der Waals surface area contributed by atoms with Gasteiger partial charge in [0, 0.05) is 11.1 Å². The molecule has 0 saturated carbocycles. The van der Waals surface area contributed by atoms with E-state index >= 15 is 0 Å². The van der Waals surface area contributed by atoms with Crippen molar-refractivity contribution in [2.45, 2.75) is 25.8 Å². The predicted octanol–water partition coefficient (Wildman–Crippen LogP) is 3.89. The third-order valence-corrected chi connectivity index (χ3v) is 5.66. The Hall–Kier alpha value is -2.45. The number of hydrogen-bond donors (Lipinski definition) is 1. The lowest BCUT2D eigenvalue weighted by molar-refractivity contribution is -0.144. The Balaban J connectivity index is 1.50. The summed E-state index contributed by atoms with van der Waals surface area (Å²) >= 11 is 2.79. The number of fused-ring (bicyclic) bond motifs is 1. The van der Waals surface area contributed by atoms with Gasteiger partial charge < -0.3 is 10.1 Å². The average molecular weight is 402 g/mol. The number of ether oxygens (including phenoxy) is 1. The number of nitrogens with zero attached hydrogens (tertiary/aromatic N) is 2. The number of nitrogens with one attached hydrogen (secondary N) is 1. The molecule has 0 aliphatic heterocycles. The van der Waals surface area contributed by atoms with Crippen molar-refractivity contribution in [2.75, 3.05) is 17.7 Å². The fourth-order valence-electron chi connectivity index (χ4n) is 2.75. The number of benzene rings is 1. The second kappa shape index (κ2) is 8.49. The third-order valence-electron chi connectivity index (χ3n) is 3.86. The highest BCUT2D eigenvalue weighted by molar-refractivity contribution is 8.00. The molecule has 0 saturated heterocycles. The van der Waals surface area contributed by atoms with Crippen molar-refractivity contribution in [3.05, 3.63) is 46.6 Å². The highest BCUT2D eigenvalue weighted by atomic mass is 32.2. The topological polar surface area (TPSA) is 81.2 Å². The molecule has 1 N–H and O–H groups in total. The molecule has 0 bridgehead atoms. The number of anilines is 1. The number of thioether (sulfide) groups is 1. The zero-order valence-electron chi connectivity index (χ0n) is 15.2. The van der Waals surface area contributed by atoms with Crippen molar-refractivity contribution in [3.63, 3.8) is 0 Å². The van der Waals surface area contributed by atoms with Crippen LogP contribution in [0.15, 0.2) is 34.9 Å². The van der Waals surface area contributed by atoms with Crippen LogP contribution in [-0.4, -0.2) is 34.2 Å². The minimum absolute atomic E-state index is 0.0812. The van der Waals surface area contributed by atoms with E-state index in [0.29, 0.717) is 0 Å². The summed E-state index contributed by atoms with van der Waals surface area (Å²) in [5.41, 5.74) is 3.85. The van der Waals surface area contributed by atoms with Gasteiger partial charge >= 0.3 is 5.97 Å². The molecule has 1 amide bonds. The first-order valence-corrected chi connectivity index (χ1v) is 10.1. The van der Waals surface area contributed by atoms with Crippen LogP contribution >= 0.6 is 23.1 Å². The minimum Gasteiger partial charge on any atom is -0.455 e. The van der Waals surface area contributed by atoms with Crippen LogP contribution in [0.1, 0.15) is 16.7 Å². The second-order valence-corrected chi connectivity index (χ2v) is 7.95. The molecule has 6 nitrogen and oxygen atoms in total. The number of amides is 1. The summed E-state index contributed by atoms with van der Waals surface area (Å²) in [6.07, 6.45) is 1.48. The molecule has 8 heteroatoms. The first-order valence-electron chi connectivity index (χ1n) is 8.28. The normalized spacial score (nSPS) is 10.8. The monoisotopic (exact) mass is 401 g/mol. The van der Waals surface area contributed by atoms with E-state index in [2.05, 4.69) is 15.3 Å². The molecule has 27 heavy (non-hydrogen) atoms. The number of thiophene rings is 1. The largest absolute Gasteiger partial charge is 0.455 e. The second-order valence-electron chi connectivity index (χ2n) is 6.09. The zero-order chi connectivity index (χ0) is 19.4. The van der Waals surface area contributed by atoms with E-state index in [9.17, 15) is 9.59 Å². The van der Waals surface area contributed by atoms with Crippen LogP contribution in [0.5, 0.6) is 0 Å². The maximum Gasteiger partial charge on any atom is 0.316 e. The van der Waals surface area contributed by atoms with Crippen molar-refractivity contribution in [1.82, 2.24) is 9.97 Å². The SMILES string of the molecule is Cc1cc(C)c(NC(=O)COC(=O)CSc2ncnc3sccc23)c(C)c1. The fourth-order valence-corrected chi connectivity index (χ4v) is 4.33. The summed E-state index contributed by atoms with van der Waals surface area (Å²) < 4.78 is 5.08. The number of aromatic nitrogens is 2. The molecule has 3 rings (SSSR count). The Morgan fingerprint density at radius 1 is 1.19 bits per heavy atom. The smallest absolute Gasteiger partial charge is 0.316 e. The molecule has 1 aromatic carbocycles. The van der Waals surface area contributed by atoms with Gasteiger partial charge in [-0.1, -0.05) is 29.5 Å². The van der Waals surface area contributed by atoms with Crippen LogP contribution in [-0.2, 0) is 14.3 Å². The minimum atomic E-state index is -0.463. The summed E-state index contributed by atoms with van der Waals surface area (Å²) in [7, 11) is 0. The molecule has 2 heterocycles. The molecule has 0 spiro atoms. The summed E-state index contributed by atoms with van der Waals surface area (Å²) in [4.78, 5) is 33.3.